The average Bonchev–Trinajstić information content (AvgIpc) is 2.19. The Balaban J connectivity index is 3.22. The lowest BCUT2D eigenvalue weighted by molar-refractivity contribution is 0.112. The van der Waals surface area contributed by atoms with E-state index < -0.39 is 11.6 Å². The van der Waals surface area contributed by atoms with Gasteiger partial charge in [-0.25, -0.2) is 4.39 Å². The molecule has 0 atom stereocenters. The standard InChI is InChI=1S/C10H8FNO2/c11-9-5-7(2-1-3-12)4-8(6-13)10(9)14/h4-6,14H,3,12H2. The third-order valence-electron chi connectivity index (χ3n) is 1.55. The molecule has 3 nitrogen and oxygen atoms in total. The third-order valence-corrected chi connectivity index (χ3v) is 1.55. The molecule has 1 aromatic carbocycles. The van der Waals surface area contributed by atoms with Gasteiger partial charge in [-0.2, -0.15) is 0 Å². The van der Waals surface area contributed by atoms with Gasteiger partial charge < -0.3 is 10.8 Å². The topological polar surface area (TPSA) is 63.3 Å². The second-order valence-corrected chi connectivity index (χ2v) is 2.52. The number of hydrogen-bond acceptors (Lipinski definition) is 3. The first kappa shape index (κ1) is 10.2. The van der Waals surface area contributed by atoms with Crippen molar-refractivity contribution in [3.63, 3.8) is 0 Å². The van der Waals surface area contributed by atoms with Gasteiger partial charge in [-0.15, -0.1) is 0 Å². The molecule has 14 heavy (non-hydrogen) atoms. The molecule has 0 bridgehead atoms. The number of hydrogen-bond donors (Lipinski definition) is 2. The lowest BCUT2D eigenvalue weighted by Crippen LogP contribution is -1.94. The zero-order valence-corrected chi connectivity index (χ0v) is 7.25. The van der Waals surface area contributed by atoms with Crippen LogP contribution in [0.1, 0.15) is 15.9 Å². The maximum absolute atomic E-state index is 12.9. The summed E-state index contributed by atoms with van der Waals surface area (Å²) in [5, 5.41) is 9.07. The summed E-state index contributed by atoms with van der Waals surface area (Å²) >= 11 is 0. The summed E-state index contributed by atoms with van der Waals surface area (Å²) in [6, 6.07) is 2.35. The van der Waals surface area contributed by atoms with Gasteiger partial charge in [0.1, 0.15) is 0 Å². The lowest BCUT2D eigenvalue weighted by Gasteiger charge is -1.99. The Labute approximate surface area is 80.4 Å². The molecular formula is C10H8FNO2. The van der Waals surface area contributed by atoms with Crippen LogP contribution in [0, 0.1) is 17.7 Å². The van der Waals surface area contributed by atoms with Gasteiger partial charge in [-0.05, 0) is 12.1 Å². The van der Waals surface area contributed by atoms with Gasteiger partial charge in [-0.1, -0.05) is 11.8 Å². The highest BCUT2D eigenvalue weighted by Gasteiger charge is 2.07. The number of nitrogens with two attached hydrogens (primary N) is 1. The Hall–Kier alpha value is -1.86. The molecular weight excluding hydrogens is 185 g/mol. The van der Waals surface area contributed by atoms with E-state index in [4.69, 9.17) is 10.8 Å². The van der Waals surface area contributed by atoms with Crippen molar-refractivity contribution < 1.29 is 14.3 Å². The van der Waals surface area contributed by atoms with Crippen LogP contribution in [-0.4, -0.2) is 17.9 Å². The van der Waals surface area contributed by atoms with Crippen molar-refractivity contribution in [2.45, 2.75) is 0 Å². The fraction of sp³-hybridized carbons (Fsp3) is 0.100. The van der Waals surface area contributed by atoms with Crippen LogP contribution in [0.15, 0.2) is 12.1 Å². The van der Waals surface area contributed by atoms with Crippen LogP contribution in [0.25, 0.3) is 0 Å². The van der Waals surface area contributed by atoms with Crippen LogP contribution < -0.4 is 5.73 Å². The molecule has 0 aliphatic heterocycles. The third kappa shape index (κ3) is 2.09. The van der Waals surface area contributed by atoms with Crippen LogP contribution >= 0.6 is 0 Å². The largest absolute Gasteiger partial charge is 0.504 e. The Morgan fingerprint density at radius 1 is 1.57 bits per heavy atom. The van der Waals surface area contributed by atoms with Crippen molar-refractivity contribution >= 4 is 6.29 Å². The van der Waals surface area contributed by atoms with Crippen molar-refractivity contribution in [3.8, 4) is 17.6 Å². The molecule has 4 heteroatoms. The second kappa shape index (κ2) is 4.40. The SMILES string of the molecule is NCC#Cc1cc(F)c(O)c(C=O)c1. The van der Waals surface area contributed by atoms with Gasteiger partial charge in [-0.3, -0.25) is 4.79 Å². The van der Waals surface area contributed by atoms with Crippen molar-refractivity contribution in [2.24, 2.45) is 5.73 Å². The minimum atomic E-state index is -0.865. The summed E-state index contributed by atoms with van der Waals surface area (Å²) in [6.45, 7) is 0.152. The molecule has 0 aliphatic carbocycles. The van der Waals surface area contributed by atoms with Crippen molar-refractivity contribution in [3.05, 3.63) is 29.1 Å². The molecule has 0 saturated carbocycles. The number of carbonyl (C=O) groups excluding carboxylic acids is 1. The molecule has 0 spiro atoms. The number of benzene rings is 1. The van der Waals surface area contributed by atoms with Gasteiger partial charge in [0.15, 0.2) is 17.9 Å². The number of halogens is 1. The minimum absolute atomic E-state index is 0.119. The van der Waals surface area contributed by atoms with E-state index in [9.17, 15) is 9.18 Å². The highest BCUT2D eigenvalue weighted by atomic mass is 19.1. The fourth-order valence-electron chi connectivity index (χ4n) is 0.935. The summed E-state index contributed by atoms with van der Waals surface area (Å²) in [5.74, 6) is 3.56. The van der Waals surface area contributed by atoms with Crippen molar-refractivity contribution in [1.82, 2.24) is 0 Å². The molecule has 0 unspecified atom stereocenters. The van der Waals surface area contributed by atoms with Crippen LogP contribution in [-0.2, 0) is 0 Å². The quantitative estimate of drug-likeness (QED) is 0.508. The fourth-order valence-corrected chi connectivity index (χ4v) is 0.935. The van der Waals surface area contributed by atoms with Crippen molar-refractivity contribution in [2.75, 3.05) is 6.54 Å². The van der Waals surface area contributed by atoms with E-state index in [1.807, 2.05) is 0 Å². The zero-order valence-electron chi connectivity index (χ0n) is 7.25. The van der Waals surface area contributed by atoms with Crippen LogP contribution in [0.3, 0.4) is 0 Å². The predicted octanol–water partition coefficient (Wildman–Crippen LogP) is 0.654. The van der Waals surface area contributed by atoms with E-state index >= 15 is 0 Å². The molecule has 72 valence electrons. The van der Waals surface area contributed by atoms with E-state index in [0.29, 0.717) is 11.8 Å². The first-order valence-electron chi connectivity index (χ1n) is 3.85. The molecule has 0 fully saturated rings. The Bertz CT molecular complexity index is 418. The average molecular weight is 193 g/mol. The summed E-state index contributed by atoms with van der Waals surface area (Å²) in [6.07, 6.45) is 0.367. The summed E-state index contributed by atoms with van der Waals surface area (Å²) < 4.78 is 12.9. The van der Waals surface area contributed by atoms with E-state index in [1.165, 1.54) is 6.07 Å². The zero-order chi connectivity index (χ0) is 10.6. The molecule has 0 heterocycles. The van der Waals surface area contributed by atoms with Gasteiger partial charge in [0.2, 0.25) is 0 Å². The summed E-state index contributed by atoms with van der Waals surface area (Å²) in [4.78, 5) is 10.4. The van der Waals surface area contributed by atoms with E-state index in [2.05, 4.69) is 11.8 Å². The van der Waals surface area contributed by atoms with E-state index in [-0.39, 0.29) is 12.1 Å². The lowest BCUT2D eigenvalue weighted by atomic mass is 10.1. The maximum Gasteiger partial charge on any atom is 0.166 e. The highest BCUT2D eigenvalue weighted by molar-refractivity contribution is 5.80. The molecule has 0 amide bonds. The number of carbonyl (C=O) groups is 1. The maximum atomic E-state index is 12.9. The summed E-state index contributed by atoms with van der Waals surface area (Å²) in [7, 11) is 0. The van der Waals surface area contributed by atoms with Gasteiger partial charge in [0.05, 0.1) is 12.1 Å². The molecule has 1 aromatic rings. The number of rotatable bonds is 1. The van der Waals surface area contributed by atoms with Crippen LogP contribution in [0.2, 0.25) is 0 Å². The summed E-state index contributed by atoms with van der Waals surface area (Å²) in [5.41, 5.74) is 5.32. The van der Waals surface area contributed by atoms with E-state index in [0.717, 1.165) is 6.07 Å². The first-order valence-corrected chi connectivity index (χ1v) is 3.85. The van der Waals surface area contributed by atoms with Crippen LogP contribution in [0.5, 0.6) is 5.75 Å². The Kier molecular flexibility index (Phi) is 3.21. The number of phenols is 1. The van der Waals surface area contributed by atoms with Gasteiger partial charge >= 0.3 is 0 Å². The monoisotopic (exact) mass is 193 g/mol. The highest BCUT2D eigenvalue weighted by Crippen LogP contribution is 2.20. The van der Waals surface area contributed by atoms with Gasteiger partial charge in [0, 0.05) is 5.56 Å². The predicted molar refractivity (Wildman–Crippen MR) is 49.4 cm³/mol. The first-order chi connectivity index (χ1) is 6.69. The van der Waals surface area contributed by atoms with Crippen molar-refractivity contribution in [1.29, 1.82) is 0 Å². The molecule has 0 aromatic heterocycles. The van der Waals surface area contributed by atoms with E-state index in [1.54, 1.807) is 0 Å². The van der Waals surface area contributed by atoms with Gasteiger partial charge in [0.25, 0.3) is 0 Å². The smallest absolute Gasteiger partial charge is 0.166 e. The Morgan fingerprint density at radius 2 is 2.29 bits per heavy atom. The number of aromatic hydroxyl groups is 1. The molecule has 0 saturated heterocycles. The van der Waals surface area contributed by atoms with Crippen LogP contribution in [0.4, 0.5) is 4.39 Å². The molecule has 0 radical (unpaired) electrons. The molecule has 3 N–H and O–H groups in total. The number of aldehydes is 1. The molecule has 1 rings (SSSR count). The Morgan fingerprint density at radius 3 is 2.86 bits per heavy atom. The normalized spacial score (nSPS) is 9.00. The molecule has 0 aliphatic rings. The number of phenolic OH excluding ortho intramolecular Hbond substituents is 1. The second-order valence-electron chi connectivity index (χ2n) is 2.52. The minimum Gasteiger partial charge on any atom is -0.504 e.